The highest BCUT2D eigenvalue weighted by molar-refractivity contribution is 5.77. The van der Waals surface area contributed by atoms with Gasteiger partial charge in [-0.3, -0.25) is 4.68 Å². The Kier molecular flexibility index (Phi) is 3.79. The average Bonchev–Trinajstić information content (AvgIpc) is 2.68. The summed E-state index contributed by atoms with van der Waals surface area (Å²) in [6, 6.07) is 8.00. The Morgan fingerprint density at radius 2 is 1.89 bits per heavy atom. The molecule has 4 heteroatoms. The number of nitrogens with zero attached hydrogens (tertiary/aromatic N) is 2. The minimum atomic E-state index is 0.338. The average molecular weight is 259 g/mol. The third-order valence-electron chi connectivity index (χ3n) is 3.12. The number of aryl methyl sites for hydroxylation is 1. The molecule has 0 aliphatic carbocycles. The van der Waals surface area contributed by atoms with Crippen molar-refractivity contribution in [2.24, 2.45) is 7.05 Å². The quantitative estimate of drug-likeness (QED) is 0.917. The van der Waals surface area contributed by atoms with Crippen LogP contribution >= 0.6 is 0 Å². The van der Waals surface area contributed by atoms with E-state index in [2.05, 4.69) is 18.9 Å². The number of ether oxygens (including phenoxy) is 1. The summed E-state index contributed by atoms with van der Waals surface area (Å²) in [7, 11) is 1.87. The molecule has 0 bridgehead atoms. The molecule has 0 fully saturated rings. The lowest BCUT2D eigenvalue weighted by molar-refractivity contribution is 0.340. The fourth-order valence-electron chi connectivity index (χ4n) is 2.14. The van der Waals surface area contributed by atoms with Crippen LogP contribution in [0, 0.1) is 0 Å². The van der Waals surface area contributed by atoms with Crippen molar-refractivity contribution in [3.63, 3.8) is 0 Å². The number of benzene rings is 1. The van der Waals surface area contributed by atoms with Crippen LogP contribution in [0.25, 0.3) is 11.1 Å². The van der Waals surface area contributed by atoms with Crippen molar-refractivity contribution in [3.8, 4) is 16.9 Å². The van der Waals surface area contributed by atoms with Crippen LogP contribution in [0.15, 0.2) is 24.3 Å². The topological polar surface area (TPSA) is 53.1 Å². The maximum Gasteiger partial charge on any atom is 0.129 e. The minimum absolute atomic E-state index is 0.338. The number of rotatable bonds is 4. The van der Waals surface area contributed by atoms with E-state index in [1.54, 1.807) is 4.68 Å². The van der Waals surface area contributed by atoms with Crippen LogP contribution in [0.5, 0.6) is 5.75 Å². The normalized spacial score (nSPS) is 11.0. The number of aromatic nitrogens is 2. The molecule has 1 aromatic carbocycles. The van der Waals surface area contributed by atoms with Crippen LogP contribution in [0.1, 0.15) is 32.4 Å². The summed E-state index contributed by atoms with van der Waals surface area (Å²) in [5.41, 5.74) is 9.28. The molecule has 102 valence electrons. The molecule has 4 nitrogen and oxygen atoms in total. The van der Waals surface area contributed by atoms with Crippen LogP contribution in [0.4, 0.5) is 5.82 Å². The van der Waals surface area contributed by atoms with Crippen LogP contribution in [-0.4, -0.2) is 16.4 Å². The largest absolute Gasteiger partial charge is 0.494 e. The molecule has 0 spiro atoms. The second-order valence-electron chi connectivity index (χ2n) is 4.88. The number of nitrogens with two attached hydrogens (primary N) is 1. The van der Waals surface area contributed by atoms with Gasteiger partial charge in [0, 0.05) is 12.6 Å². The molecule has 1 aromatic heterocycles. The molecule has 0 radical (unpaired) electrons. The van der Waals surface area contributed by atoms with Crippen LogP contribution in [0.2, 0.25) is 0 Å². The van der Waals surface area contributed by atoms with E-state index in [1.165, 1.54) is 0 Å². The lowest BCUT2D eigenvalue weighted by atomic mass is 9.99. The van der Waals surface area contributed by atoms with Gasteiger partial charge >= 0.3 is 0 Å². The molecule has 0 amide bonds. The highest BCUT2D eigenvalue weighted by atomic mass is 16.5. The van der Waals surface area contributed by atoms with Gasteiger partial charge in [0.1, 0.15) is 11.6 Å². The number of anilines is 1. The summed E-state index contributed by atoms with van der Waals surface area (Å²) in [5, 5.41) is 4.51. The van der Waals surface area contributed by atoms with E-state index >= 15 is 0 Å². The predicted octanol–water partition coefficient (Wildman–Crippen LogP) is 3.19. The van der Waals surface area contributed by atoms with Crippen molar-refractivity contribution in [2.45, 2.75) is 26.7 Å². The summed E-state index contributed by atoms with van der Waals surface area (Å²) in [4.78, 5) is 0. The summed E-state index contributed by atoms with van der Waals surface area (Å²) >= 11 is 0. The molecule has 0 aliphatic heterocycles. The Labute approximate surface area is 114 Å². The third kappa shape index (κ3) is 2.57. The number of hydrogen-bond acceptors (Lipinski definition) is 3. The van der Waals surface area contributed by atoms with Gasteiger partial charge in [-0.15, -0.1) is 0 Å². The van der Waals surface area contributed by atoms with Gasteiger partial charge in [0.15, 0.2) is 0 Å². The summed E-state index contributed by atoms with van der Waals surface area (Å²) in [6.07, 6.45) is 0. The lowest BCUT2D eigenvalue weighted by Gasteiger charge is -2.08. The van der Waals surface area contributed by atoms with Crippen molar-refractivity contribution in [3.05, 3.63) is 30.0 Å². The molecule has 0 saturated carbocycles. The fraction of sp³-hybridized carbons (Fsp3) is 0.400. The van der Waals surface area contributed by atoms with E-state index < -0.39 is 0 Å². The number of nitrogen functional groups attached to an aromatic ring is 1. The van der Waals surface area contributed by atoms with Gasteiger partial charge in [-0.2, -0.15) is 5.10 Å². The molecule has 0 atom stereocenters. The molecular weight excluding hydrogens is 238 g/mol. The van der Waals surface area contributed by atoms with Crippen LogP contribution in [0.3, 0.4) is 0 Å². The first-order chi connectivity index (χ1) is 9.04. The van der Waals surface area contributed by atoms with Crippen molar-refractivity contribution < 1.29 is 4.74 Å². The lowest BCUT2D eigenvalue weighted by Crippen LogP contribution is -1.98. The van der Waals surface area contributed by atoms with Crippen LogP contribution < -0.4 is 10.5 Å². The Hall–Kier alpha value is -1.97. The minimum Gasteiger partial charge on any atom is -0.494 e. The van der Waals surface area contributed by atoms with Gasteiger partial charge in [-0.05, 0) is 30.5 Å². The molecule has 0 unspecified atom stereocenters. The van der Waals surface area contributed by atoms with Gasteiger partial charge in [-0.25, -0.2) is 0 Å². The fourth-order valence-corrected chi connectivity index (χ4v) is 2.14. The van der Waals surface area contributed by atoms with E-state index in [0.29, 0.717) is 18.3 Å². The van der Waals surface area contributed by atoms with Gasteiger partial charge in [-0.1, -0.05) is 26.0 Å². The van der Waals surface area contributed by atoms with Crippen molar-refractivity contribution >= 4 is 5.82 Å². The van der Waals surface area contributed by atoms with E-state index in [0.717, 1.165) is 22.6 Å². The maximum absolute atomic E-state index is 6.14. The summed E-state index contributed by atoms with van der Waals surface area (Å²) in [5.74, 6) is 1.91. The van der Waals surface area contributed by atoms with E-state index in [9.17, 15) is 0 Å². The summed E-state index contributed by atoms with van der Waals surface area (Å²) < 4.78 is 7.19. The zero-order valence-electron chi connectivity index (χ0n) is 12.0. The van der Waals surface area contributed by atoms with Gasteiger partial charge in [0.2, 0.25) is 0 Å². The predicted molar refractivity (Wildman–Crippen MR) is 78.3 cm³/mol. The second kappa shape index (κ2) is 5.34. The Morgan fingerprint density at radius 3 is 2.42 bits per heavy atom. The Balaban J connectivity index is 2.46. The molecule has 2 rings (SSSR count). The molecule has 19 heavy (non-hydrogen) atoms. The van der Waals surface area contributed by atoms with Crippen molar-refractivity contribution in [2.75, 3.05) is 12.3 Å². The Bertz CT molecular complexity index is 556. The Morgan fingerprint density at radius 1 is 1.26 bits per heavy atom. The molecule has 0 saturated heterocycles. The number of hydrogen-bond donors (Lipinski definition) is 1. The molecule has 0 aliphatic rings. The molecule has 2 aromatic rings. The van der Waals surface area contributed by atoms with Crippen molar-refractivity contribution in [1.29, 1.82) is 0 Å². The zero-order chi connectivity index (χ0) is 14.0. The third-order valence-corrected chi connectivity index (χ3v) is 3.12. The summed E-state index contributed by atoms with van der Waals surface area (Å²) in [6.45, 7) is 6.90. The second-order valence-corrected chi connectivity index (χ2v) is 4.88. The molecular formula is C15H21N3O. The maximum atomic E-state index is 6.14. The van der Waals surface area contributed by atoms with Gasteiger partial charge < -0.3 is 10.5 Å². The van der Waals surface area contributed by atoms with Crippen molar-refractivity contribution in [1.82, 2.24) is 9.78 Å². The standard InChI is InChI=1S/C15H21N3O/c1-5-19-12-8-6-11(7-9-12)13-14(10(2)3)17-18(4)15(13)16/h6-10H,5,16H2,1-4H3. The van der Waals surface area contributed by atoms with Gasteiger partial charge in [0.25, 0.3) is 0 Å². The first-order valence-corrected chi connectivity index (χ1v) is 6.60. The van der Waals surface area contributed by atoms with Crippen LogP contribution in [-0.2, 0) is 7.05 Å². The first kappa shape index (κ1) is 13.5. The van der Waals surface area contributed by atoms with E-state index in [1.807, 2.05) is 38.2 Å². The first-order valence-electron chi connectivity index (χ1n) is 6.60. The highest BCUT2D eigenvalue weighted by Crippen LogP contribution is 2.34. The monoisotopic (exact) mass is 259 g/mol. The molecule has 2 N–H and O–H groups in total. The van der Waals surface area contributed by atoms with Gasteiger partial charge in [0.05, 0.1) is 12.3 Å². The van der Waals surface area contributed by atoms with E-state index in [4.69, 9.17) is 10.5 Å². The molecule has 1 heterocycles. The SMILES string of the molecule is CCOc1ccc(-c2c(C(C)C)nn(C)c2N)cc1. The zero-order valence-corrected chi connectivity index (χ0v) is 12.0. The smallest absolute Gasteiger partial charge is 0.129 e. The highest BCUT2D eigenvalue weighted by Gasteiger charge is 2.17. The van der Waals surface area contributed by atoms with E-state index in [-0.39, 0.29) is 0 Å².